The van der Waals surface area contributed by atoms with Crippen LogP contribution in [-0.4, -0.2) is 35.2 Å². The number of thiophene rings is 1. The van der Waals surface area contributed by atoms with Gasteiger partial charge in [0.15, 0.2) is 0 Å². The number of amides is 2. The van der Waals surface area contributed by atoms with E-state index >= 15 is 0 Å². The van der Waals surface area contributed by atoms with E-state index in [4.69, 9.17) is 0 Å². The molecule has 0 bridgehead atoms. The van der Waals surface area contributed by atoms with E-state index in [0.717, 1.165) is 24.9 Å². The number of aliphatic hydroxyl groups is 1. The molecular weight excluding hydrogens is 284 g/mol. The molecule has 2 atom stereocenters. The second-order valence-corrected chi connectivity index (χ2v) is 6.51. The molecule has 0 aliphatic carbocycles. The molecule has 1 aromatic carbocycles. The molecule has 21 heavy (non-hydrogen) atoms. The molecule has 1 aliphatic rings. The van der Waals surface area contributed by atoms with Gasteiger partial charge in [-0.05, 0) is 42.2 Å². The van der Waals surface area contributed by atoms with Gasteiger partial charge in [0.25, 0.3) is 0 Å². The summed E-state index contributed by atoms with van der Waals surface area (Å²) in [6.45, 7) is 3.16. The summed E-state index contributed by atoms with van der Waals surface area (Å²) in [6.07, 6.45) is 1.26. The van der Waals surface area contributed by atoms with Gasteiger partial charge in [0.2, 0.25) is 0 Å². The first-order valence-electron chi connectivity index (χ1n) is 7.35. The highest BCUT2D eigenvalue weighted by molar-refractivity contribution is 7.17. The fourth-order valence-corrected chi connectivity index (χ4v) is 3.88. The van der Waals surface area contributed by atoms with Crippen molar-refractivity contribution in [3.05, 3.63) is 35.2 Å². The molecule has 2 amide bonds. The highest BCUT2D eigenvalue weighted by atomic mass is 32.1. The van der Waals surface area contributed by atoms with Crippen LogP contribution in [-0.2, 0) is 0 Å². The summed E-state index contributed by atoms with van der Waals surface area (Å²) in [5.41, 5.74) is 1.15. The second kappa shape index (κ2) is 6.03. The molecule has 2 aromatic rings. The van der Waals surface area contributed by atoms with E-state index in [2.05, 4.69) is 22.8 Å². The molecule has 0 spiro atoms. The van der Waals surface area contributed by atoms with E-state index in [1.54, 1.807) is 16.2 Å². The van der Waals surface area contributed by atoms with Gasteiger partial charge in [-0.1, -0.05) is 18.2 Å². The molecule has 0 radical (unpaired) electrons. The number of carbonyl (C=O) groups excluding carboxylic acids is 1. The number of nitrogens with one attached hydrogen (secondary N) is 1. The third-order valence-corrected chi connectivity index (χ3v) is 4.98. The van der Waals surface area contributed by atoms with E-state index in [1.165, 1.54) is 10.1 Å². The van der Waals surface area contributed by atoms with Crippen molar-refractivity contribution in [2.45, 2.75) is 31.9 Å². The Bertz CT molecular complexity index is 640. The van der Waals surface area contributed by atoms with Crippen molar-refractivity contribution < 1.29 is 9.90 Å². The van der Waals surface area contributed by atoms with Crippen LogP contribution < -0.4 is 5.32 Å². The Morgan fingerprint density at radius 3 is 3.10 bits per heavy atom. The summed E-state index contributed by atoms with van der Waals surface area (Å²) in [5.74, 6) is 0. The zero-order valence-corrected chi connectivity index (χ0v) is 12.9. The summed E-state index contributed by atoms with van der Waals surface area (Å²) < 4.78 is 1.24. The number of urea groups is 1. The van der Waals surface area contributed by atoms with Gasteiger partial charge < -0.3 is 15.3 Å². The highest BCUT2D eigenvalue weighted by Gasteiger charge is 2.23. The lowest BCUT2D eigenvalue weighted by Crippen LogP contribution is -2.47. The molecule has 1 saturated heterocycles. The topological polar surface area (TPSA) is 52.6 Å². The van der Waals surface area contributed by atoms with Crippen LogP contribution in [0, 0.1) is 0 Å². The predicted molar refractivity (Wildman–Crippen MR) is 85.6 cm³/mol. The van der Waals surface area contributed by atoms with Crippen molar-refractivity contribution in [3.8, 4) is 0 Å². The van der Waals surface area contributed by atoms with Gasteiger partial charge in [-0.25, -0.2) is 4.79 Å². The van der Waals surface area contributed by atoms with Crippen molar-refractivity contribution in [2.75, 3.05) is 13.1 Å². The molecular formula is C16H20N2O2S. The number of β-amino-alcohol motifs (C(OH)–C–C–N with tert-alkyl or cyclic N) is 1. The molecule has 0 saturated carbocycles. The maximum Gasteiger partial charge on any atom is 0.317 e. The Hall–Kier alpha value is -1.59. The minimum Gasteiger partial charge on any atom is -0.391 e. The van der Waals surface area contributed by atoms with Crippen LogP contribution in [0.15, 0.2) is 29.6 Å². The Morgan fingerprint density at radius 2 is 2.29 bits per heavy atom. The SMILES string of the molecule is C[C@@H](NC(=O)N1CCC[C@@H](O)C1)c1csc2ccccc12. The van der Waals surface area contributed by atoms with Gasteiger partial charge >= 0.3 is 6.03 Å². The summed E-state index contributed by atoms with van der Waals surface area (Å²) in [5, 5.41) is 16.0. The Balaban J connectivity index is 1.71. The molecule has 3 rings (SSSR count). The number of aliphatic hydroxyl groups excluding tert-OH is 1. The van der Waals surface area contributed by atoms with Crippen molar-refractivity contribution >= 4 is 27.5 Å². The number of hydrogen-bond donors (Lipinski definition) is 2. The first-order chi connectivity index (χ1) is 10.1. The number of fused-ring (bicyclic) bond motifs is 1. The number of nitrogens with zero attached hydrogens (tertiary/aromatic N) is 1. The van der Waals surface area contributed by atoms with E-state index in [0.29, 0.717) is 6.54 Å². The number of likely N-dealkylation sites (tertiary alicyclic amines) is 1. The van der Waals surface area contributed by atoms with Crippen LogP contribution in [0.2, 0.25) is 0 Å². The first kappa shape index (κ1) is 14.4. The van der Waals surface area contributed by atoms with Gasteiger partial charge in [-0.2, -0.15) is 0 Å². The first-order valence-corrected chi connectivity index (χ1v) is 8.23. The van der Waals surface area contributed by atoms with E-state index < -0.39 is 0 Å². The molecule has 112 valence electrons. The summed E-state index contributed by atoms with van der Waals surface area (Å²) in [6, 6.07) is 8.12. The van der Waals surface area contributed by atoms with E-state index in [-0.39, 0.29) is 18.2 Å². The average molecular weight is 304 g/mol. The molecule has 5 heteroatoms. The second-order valence-electron chi connectivity index (χ2n) is 5.60. The van der Waals surface area contributed by atoms with E-state index in [9.17, 15) is 9.90 Å². The number of piperidine rings is 1. The van der Waals surface area contributed by atoms with Crippen molar-refractivity contribution in [3.63, 3.8) is 0 Å². The molecule has 1 aliphatic heterocycles. The molecule has 1 fully saturated rings. The maximum absolute atomic E-state index is 12.3. The zero-order chi connectivity index (χ0) is 14.8. The molecule has 2 N–H and O–H groups in total. The maximum atomic E-state index is 12.3. The Kier molecular flexibility index (Phi) is 4.12. The Labute approximate surface area is 128 Å². The monoisotopic (exact) mass is 304 g/mol. The van der Waals surface area contributed by atoms with Crippen molar-refractivity contribution in [1.29, 1.82) is 0 Å². The molecule has 0 unspecified atom stereocenters. The number of benzene rings is 1. The van der Waals surface area contributed by atoms with Gasteiger partial charge in [-0.3, -0.25) is 0 Å². The van der Waals surface area contributed by atoms with Crippen LogP contribution in [0.3, 0.4) is 0 Å². The van der Waals surface area contributed by atoms with Gasteiger partial charge in [-0.15, -0.1) is 11.3 Å². The van der Waals surface area contributed by atoms with Crippen LogP contribution >= 0.6 is 11.3 Å². The molecule has 2 heterocycles. The fourth-order valence-electron chi connectivity index (χ4n) is 2.83. The lowest BCUT2D eigenvalue weighted by atomic mass is 10.1. The molecule has 1 aromatic heterocycles. The van der Waals surface area contributed by atoms with Gasteiger partial charge in [0, 0.05) is 17.8 Å². The zero-order valence-electron chi connectivity index (χ0n) is 12.1. The summed E-state index contributed by atoms with van der Waals surface area (Å²) in [4.78, 5) is 14.0. The highest BCUT2D eigenvalue weighted by Crippen LogP contribution is 2.30. The minimum atomic E-state index is -0.387. The number of hydrogen-bond acceptors (Lipinski definition) is 3. The van der Waals surface area contributed by atoms with Crippen molar-refractivity contribution in [2.24, 2.45) is 0 Å². The third-order valence-electron chi connectivity index (χ3n) is 4.00. The van der Waals surface area contributed by atoms with Crippen molar-refractivity contribution in [1.82, 2.24) is 10.2 Å². The molecule has 4 nitrogen and oxygen atoms in total. The van der Waals surface area contributed by atoms with Gasteiger partial charge in [0.05, 0.1) is 12.1 Å². The lowest BCUT2D eigenvalue weighted by molar-refractivity contribution is 0.0835. The van der Waals surface area contributed by atoms with E-state index in [1.807, 2.05) is 19.1 Å². The lowest BCUT2D eigenvalue weighted by Gasteiger charge is -2.31. The quantitative estimate of drug-likeness (QED) is 0.895. The van der Waals surface area contributed by atoms with Crippen LogP contribution in [0.4, 0.5) is 4.79 Å². The van der Waals surface area contributed by atoms with Crippen LogP contribution in [0.25, 0.3) is 10.1 Å². The minimum absolute atomic E-state index is 0.0345. The largest absolute Gasteiger partial charge is 0.391 e. The summed E-state index contributed by atoms with van der Waals surface area (Å²) in [7, 11) is 0. The van der Waals surface area contributed by atoms with Gasteiger partial charge in [0.1, 0.15) is 0 Å². The average Bonchev–Trinajstić information content (AvgIpc) is 2.91. The smallest absolute Gasteiger partial charge is 0.317 e. The van der Waals surface area contributed by atoms with Crippen LogP contribution in [0.5, 0.6) is 0 Å². The number of carbonyl (C=O) groups is 1. The summed E-state index contributed by atoms with van der Waals surface area (Å²) >= 11 is 1.70. The fraction of sp³-hybridized carbons (Fsp3) is 0.438. The normalized spacial score (nSPS) is 20.5. The standard InChI is InChI=1S/C16H20N2O2S/c1-11(14-10-21-15-7-3-2-6-13(14)15)17-16(20)18-8-4-5-12(19)9-18/h2-3,6-7,10-12,19H,4-5,8-9H2,1H3,(H,17,20)/t11-,12-/m1/s1. The number of rotatable bonds is 2. The third kappa shape index (κ3) is 3.04. The predicted octanol–water partition coefficient (Wildman–Crippen LogP) is 3.13. The Morgan fingerprint density at radius 1 is 1.48 bits per heavy atom. The van der Waals surface area contributed by atoms with Crippen LogP contribution in [0.1, 0.15) is 31.4 Å².